The lowest BCUT2D eigenvalue weighted by Gasteiger charge is -2.10. The Morgan fingerprint density at radius 2 is 2.47 bits per heavy atom. The first-order valence-electron chi connectivity index (χ1n) is 5.92. The Morgan fingerprint density at radius 1 is 1.53 bits per heavy atom. The number of nitrogens with zero attached hydrogens (tertiary/aromatic N) is 4. The van der Waals surface area contributed by atoms with Gasteiger partial charge in [-0.2, -0.15) is 5.10 Å². The minimum atomic E-state index is 0.691. The average Bonchev–Trinajstić information content (AvgIpc) is 2.97. The van der Waals surface area contributed by atoms with Gasteiger partial charge in [0.2, 0.25) is 0 Å². The number of aromatic nitrogens is 4. The van der Waals surface area contributed by atoms with Crippen molar-refractivity contribution < 1.29 is 0 Å². The van der Waals surface area contributed by atoms with Crippen LogP contribution >= 0.6 is 0 Å². The van der Waals surface area contributed by atoms with Crippen molar-refractivity contribution in [3.8, 4) is 0 Å². The van der Waals surface area contributed by atoms with E-state index in [2.05, 4.69) is 25.7 Å². The molecule has 2 N–H and O–H groups in total. The lowest BCUT2D eigenvalue weighted by Crippen LogP contribution is -2.17. The van der Waals surface area contributed by atoms with Gasteiger partial charge in [-0.15, -0.1) is 0 Å². The second-order valence-corrected chi connectivity index (χ2v) is 4.47. The molecular weight excluding hydrogens is 216 g/mol. The molecule has 1 aliphatic rings. The lowest BCUT2D eigenvalue weighted by atomic mass is 10.1. The first-order chi connectivity index (χ1) is 8.34. The van der Waals surface area contributed by atoms with Crippen molar-refractivity contribution in [1.29, 1.82) is 0 Å². The summed E-state index contributed by atoms with van der Waals surface area (Å²) >= 11 is 0. The van der Waals surface area contributed by atoms with Crippen LogP contribution in [-0.2, 0) is 7.05 Å². The third kappa shape index (κ3) is 1.95. The zero-order valence-electron chi connectivity index (χ0n) is 9.85. The minimum absolute atomic E-state index is 0.691. The van der Waals surface area contributed by atoms with Crippen molar-refractivity contribution >= 4 is 16.9 Å². The molecule has 1 unspecified atom stereocenters. The second kappa shape index (κ2) is 4.29. The molecule has 2 aromatic rings. The molecule has 0 amide bonds. The maximum Gasteiger partial charge on any atom is 0.163 e. The maximum atomic E-state index is 4.29. The van der Waals surface area contributed by atoms with E-state index in [9.17, 15) is 0 Å². The molecule has 1 saturated heterocycles. The summed E-state index contributed by atoms with van der Waals surface area (Å²) in [5.74, 6) is 1.58. The van der Waals surface area contributed by atoms with Gasteiger partial charge < -0.3 is 10.6 Å². The lowest BCUT2D eigenvalue weighted by molar-refractivity contribution is 0.614. The Labute approximate surface area is 99.4 Å². The molecule has 1 fully saturated rings. The highest BCUT2D eigenvalue weighted by molar-refractivity contribution is 5.85. The van der Waals surface area contributed by atoms with Crippen molar-refractivity contribution in [3.63, 3.8) is 0 Å². The fourth-order valence-corrected chi connectivity index (χ4v) is 2.23. The third-order valence-electron chi connectivity index (χ3n) is 3.25. The molecule has 3 rings (SSSR count). The van der Waals surface area contributed by atoms with E-state index in [1.165, 1.54) is 6.42 Å². The molecule has 0 bridgehead atoms. The van der Waals surface area contributed by atoms with Crippen LogP contribution in [0, 0.1) is 5.92 Å². The molecule has 0 saturated carbocycles. The SMILES string of the molecule is Cn1ncc2c(NCC3CCNC3)ncnc21. The van der Waals surface area contributed by atoms with E-state index >= 15 is 0 Å². The molecule has 2 aromatic heterocycles. The second-order valence-electron chi connectivity index (χ2n) is 4.47. The summed E-state index contributed by atoms with van der Waals surface area (Å²) in [5, 5.41) is 11.9. The highest BCUT2D eigenvalue weighted by Crippen LogP contribution is 2.18. The van der Waals surface area contributed by atoms with Crippen LogP contribution in [0.15, 0.2) is 12.5 Å². The Kier molecular flexibility index (Phi) is 2.64. The van der Waals surface area contributed by atoms with E-state index < -0.39 is 0 Å². The molecule has 3 heterocycles. The molecule has 0 aromatic carbocycles. The summed E-state index contributed by atoms with van der Waals surface area (Å²) in [6, 6.07) is 0. The van der Waals surface area contributed by atoms with Gasteiger partial charge in [-0.25, -0.2) is 9.97 Å². The molecule has 1 aliphatic heterocycles. The van der Waals surface area contributed by atoms with Crippen LogP contribution in [0.4, 0.5) is 5.82 Å². The average molecular weight is 232 g/mol. The summed E-state index contributed by atoms with van der Waals surface area (Å²) in [6.45, 7) is 3.17. The van der Waals surface area contributed by atoms with Gasteiger partial charge in [0, 0.05) is 13.6 Å². The van der Waals surface area contributed by atoms with E-state index in [4.69, 9.17) is 0 Å². The van der Waals surface area contributed by atoms with Crippen LogP contribution in [0.25, 0.3) is 11.0 Å². The Morgan fingerprint density at radius 3 is 3.29 bits per heavy atom. The molecule has 0 spiro atoms. The minimum Gasteiger partial charge on any atom is -0.369 e. The van der Waals surface area contributed by atoms with Gasteiger partial charge in [0.15, 0.2) is 5.65 Å². The molecule has 1 atom stereocenters. The molecule has 6 heteroatoms. The van der Waals surface area contributed by atoms with E-state index in [1.54, 1.807) is 11.0 Å². The van der Waals surface area contributed by atoms with Crippen molar-refractivity contribution in [1.82, 2.24) is 25.1 Å². The van der Waals surface area contributed by atoms with Crippen LogP contribution in [0.3, 0.4) is 0 Å². The van der Waals surface area contributed by atoms with Crippen LogP contribution in [0.1, 0.15) is 6.42 Å². The van der Waals surface area contributed by atoms with Gasteiger partial charge >= 0.3 is 0 Å². The summed E-state index contributed by atoms with van der Waals surface area (Å²) in [4.78, 5) is 8.50. The molecule has 0 aliphatic carbocycles. The quantitative estimate of drug-likeness (QED) is 0.801. The third-order valence-corrected chi connectivity index (χ3v) is 3.25. The fourth-order valence-electron chi connectivity index (χ4n) is 2.23. The molecule has 17 heavy (non-hydrogen) atoms. The van der Waals surface area contributed by atoms with Gasteiger partial charge in [0.05, 0.1) is 11.6 Å². The number of hydrogen-bond donors (Lipinski definition) is 2. The normalized spacial score (nSPS) is 19.9. The number of fused-ring (bicyclic) bond motifs is 1. The number of aryl methyl sites for hydroxylation is 1. The monoisotopic (exact) mass is 232 g/mol. The van der Waals surface area contributed by atoms with E-state index in [1.807, 2.05) is 13.2 Å². The maximum absolute atomic E-state index is 4.29. The van der Waals surface area contributed by atoms with Gasteiger partial charge in [0.25, 0.3) is 0 Å². The van der Waals surface area contributed by atoms with Crippen LogP contribution in [0.5, 0.6) is 0 Å². The predicted octanol–water partition coefficient (Wildman–Crippen LogP) is 0.385. The Hall–Kier alpha value is -1.69. The van der Waals surface area contributed by atoms with Crippen molar-refractivity contribution in [3.05, 3.63) is 12.5 Å². The van der Waals surface area contributed by atoms with Gasteiger partial charge in [-0.1, -0.05) is 0 Å². The summed E-state index contributed by atoms with van der Waals surface area (Å²) in [7, 11) is 1.89. The van der Waals surface area contributed by atoms with Crippen LogP contribution in [-0.4, -0.2) is 39.4 Å². The predicted molar refractivity (Wildman–Crippen MR) is 65.8 cm³/mol. The first-order valence-corrected chi connectivity index (χ1v) is 5.92. The number of hydrogen-bond acceptors (Lipinski definition) is 5. The molecule has 90 valence electrons. The molecule has 6 nitrogen and oxygen atoms in total. The van der Waals surface area contributed by atoms with Crippen molar-refractivity contribution in [2.45, 2.75) is 6.42 Å². The molecule has 0 radical (unpaired) electrons. The number of nitrogens with one attached hydrogen (secondary N) is 2. The van der Waals surface area contributed by atoms with E-state index in [0.717, 1.165) is 36.5 Å². The Bertz CT molecular complexity index is 514. The van der Waals surface area contributed by atoms with Gasteiger partial charge in [-0.05, 0) is 25.4 Å². The van der Waals surface area contributed by atoms with Gasteiger partial charge in [0.1, 0.15) is 12.1 Å². The first kappa shape index (κ1) is 10.5. The smallest absolute Gasteiger partial charge is 0.163 e. The highest BCUT2D eigenvalue weighted by Gasteiger charge is 2.15. The fraction of sp³-hybridized carbons (Fsp3) is 0.545. The zero-order valence-corrected chi connectivity index (χ0v) is 9.85. The number of anilines is 1. The summed E-state index contributed by atoms with van der Waals surface area (Å²) < 4.78 is 1.76. The zero-order chi connectivity index (χ0) is 11.7. The van der Waals surface area contributed by atoms with Gasteiger partial charge in [-0.3, -0.25) is 4.68 Å². The number of rotatable bonds is 3. The largest absolute Gasteiger partial charge is 0.369 e. The van der Waals surface area contributed by atoms with E-state index in [0.29, 0.717) is 5.92 Å². The summed E-state index contributed by atoms with van der Waals surface area (Å²) in [5.41, 5.74) is 0.868. The van der Waals surface area contributed by atoms with Crippen molar-refractivity contribution in [2.75, 3.05) is 25.0 Å². The molecular formula is C11H16N6. The summed E-state index contributed by atoms with van der Waals surface area (Å²) in [6.07, 6.45) is 4.62. The topological polar surface area (TPSA) is 67.7 Å². The standard InChI is InChI=1S/C11H16N6/c1-17-11-9(6-16-17)10(14-7-15-11)13-5-8-2-3-12-4-8/h6-8,12H,2-5H2,1H3,(H,13,14,15). The van der Waals surface area contributed by atoms with Crippen molar-refractivity contribution in [2.24, 2.45) is 13.0 Å². The Balaban J connectivity index is 1.79. The van der Waals surface area contributed by atoms with Crippen LogP contribution < -0.4 is 10.6 Å². The highest BCUT2D eigenvalue weighted by atomic mass is 15.3. The van der Waals surface area contributed by atoms with E-state index in [-0.39, 0.29) is 0 Å². The van der Waals surface area contributed by atoms with Crippen LogP contribution in [0.2, 0.25) is 0 Å².